The van der Waals surface area contributed by atoms with Crippen LogP contribution in [0.15, 0.2) is 83.3 Å². The maximum absolute atomic E-state index is 12.1. The molecule has 0 heterocycles. The van der Waals surface area contributed by atoms with Crippen LogP contribution in [-0.2, 0) is 17.8 Å². The topological polar surface area (TPSA) is 29.1 Å². The van der Waals surface area contributed by atoms with Gasteiger partial charge in [0.15, 0.2) is 0 Å². The first-order valence-corrected chi connectivity index (χ1v) is 8.65. The van der Waals surface area contributed by atoms with E-state index in [9.17, 15) is 4.79 Å². The Morgan fingerprint density at radius 2 is 1.50 bits per heavy atom. The molecule has 0 fully saturated rings. The van der Waals surface area contributed by atoms with Gasteiger partial charge in [-0.05, 0) is 34.4 Å². The summed E-state index contributed by atoms with van der Waals surface area (Å²) in [4.78, 5) is 12.1. The fourth-order valence-electron chi connectivity index (χ4n) is 2.54. The Morgan fingerprint density at radius 1 is 0.792 bits per heavy atom. The third-order valence-corrected chi connectivity index (χ3v) is 4.30. The molecule has 0 aliphatic rings. The standard InChI is InChI=1S/C21H18BrNO/c22-20-8-4-5-17(13-20)15-23-21(24)14-16-9-11-19(12-10-16)18-6-2-1-3-7-18/h1-13H,14-15H2,(H,23,24). The van der Waals surface area contributed by atoms with E-state index in [1.165, 1.54) is 5.56 Å². The Morgan fingerprint density at radius 3 is 2.21 bits per heavy atom. The monoisotopic (exact) mass is 379 g/mol. The zero-order valence-electron chi connectivity index (χ0n) is 13.2. The van der Waals surface area contributed by atoms with Gasteiger partial charge < -0.3 is 5.32 Å². The van der Waals surface area contributed by atoms with Crippen LogP contribution in [-0.4, -0.2) is 5.91 Å². The molecule has 3 heteroatoms. The van der Waals surface area contributed by atoms with Gasteiger partial charge in [-0.25, -0.2) is 0 Å². The molecular formula is C21H18BrNO. The second-order valence-corrected chi connectivity index (χ2v) is 6.56. The van der Waals surface area contributed by atoms with Gasteiger partial charge in [-0.15, -0.1) is 0 Å². The number of benzene rings is 3. The molecule has 1 N–H and O–H groups in total. The van der Waals surface area contributed by atoms with E-state index in [-0.39, 0.29) is 5.91 Å². The number of halogens is 1. The summed E-state index contributed by atoms with van der Waals surface area (Å²) < 4.78 is 1.02. The van der Waals surface area contributed by atoms with E-state index in [0.29, 0.717) is 13.0 Å². The summed E-state index contributed by atoms with van der Waals surface area (Å²) in [5, 5.41) is 2.96. The van der Waals surface area contributed by atoms with Gasteiger partial charge in [-0.1, -0.05) is 82.7 Å². The SMILES string of the molecule is O=C(Cc1ccc(-c2ccccc2)cc1)NCc1cccc(Br)c1. The van der Waals surface area contributed by atoms with Crippen LogP contribution in [0.4, 0.5) is 0 Å². The Bertz CT molecular complexity index is 813. The lowest BCUT2D eigenvalue weighted by Gasteiger charge is -2.07. The summed E-state index contributed by atoms with van der Waals surface area (Å²) in [6.07, 6.45) is 0.392. The van der Waals surface area contributed by atoms with Crippen molar-refractivity contribution in [1.82, 2.24) is 5.32 Å². The van der Waals surface area contributed by atoms with Crippen molar-refractivity contribution < 1.29 is 4.79 Å². The maximum atomic E-state index is 12.1. The minimum atomic E-state index is 0.0300. The third kappa shape index (κ3) is 4.56. The first-order chi connectivity index (χ1) is 11.7. The van der Waals surface area contributed by atoms with Crippen LogP contribution in [0, 0.1) is 0 Å². The highest BCUT2D eigenvalue weighted by atomic mass is 79.9. The molecule has 0 saturated heterocycles. The lowest BCUT2D eigenvalue weighted by Crippen LogP contribution is -2.24. The summed E-state index contributed by atoms with van der Waals surface area (Å²) in [5.74, 6) is 0.0300. The Balaban J connectivity index is 1.57. The van der Waals surface area contributed by atoms with E-state index in [0.717, 1.165) is 21.2 Å². The summed E-state index contributed by atoms with van der Waals surface area (Å²) >= 11 is 3.44. The molecule has 0 aliphatic carbocycles. The average Bonchev–Trinajstić information content (AvgIpc) is 2.61. The average molecular weight is 380 g/mol. The van der Waals surface area contributed by atoms with Gasteiger partial charge in [0.1, 0.15) is 0 Å². The Hall–Kier alpha value is -2.39. The van der Waals surface area contributed by atoms with Crippen LogP contribution in [0.1, 0.15) is 11.1 Å². The zero-order valence-corrected chi connectivity index (χ0v) is 14.8. The molecular weight excluding hydrogens is 362 g/mol. The molecule has 0 saturated carbocycles. The minimum absolute atomic E-state index is 0.0300. The van der Waals surface area contributed by atoms with E-state index in [1.54, 1.807) is 0 Å². The van der Waals surface area contributed by atoms with Gasteiger partial charge in [-0.3, -0.25) is 4.79 Å². The number of hydrogen-bond acceptors (Lipinski definition) is 1. The quantitative estimate of drug-likeness (QED) is 0.665. The Kier molecular flexibility index (Phi) is 5.44. The van der Waals surface area contributed by atoms with Gasteiger partial charge in [0.25, 0.3) is 0 Å². The molecule has 120 valence electrons. The molecule has 0 aromatic heterocycles. The first-order valence-electron chi connectivity index (χ1n) is 7.86. The lowest BCUT2D eigenvalue weighted by molar-refractivity contribution is -0.120. The molecule has 3 rings (SSSR count). The highest BCUT2D eigenvalue weighted by Crippen LogP contribution is 2.19. The molecule has 24 heavy (non-hydrogen) atoms. The van der Waals surface area contributed by atoms with Crippen LogP contribution >= 0.6 is 15.9 Å². The van der Waals surface area contributed by atoms with Gasteiger partial charge in [0.05, 0.1) is 6.42 Å². The van der Waals surface area contributed by atoms with Crippen molar-refractivity contribution in [2.75, 3.05) is 0 Å². The summed E-state index contributed by atoms with van der Waals surface area (Å²) in [5.41, 5.74) is 4.44. The van der Waals surface area contributed by atoms with Crippen molar-refractivity contribution in [3.8, 4) is 11.1 Å². The Labute approximate surface area is 150 Å². The maximum Gasteiger partial charge on any atom is 0.224 e. The fourth-order valence-corrected chi connectivity index (χ4v) is 2.99. The minimum Gasteiger partial charge on any atom is -0.352 e. The fraction of sp³-hybridized carbons (Fsp3) is 0.0952. The molecule has 0 aliphatic heterocycles. The van der Waals surface area contributed by atoms with Crippen LogP contribution in [0.25, 0.3) is 11.1 Å². The van der Waals surface area contributed by atoms with Crippen molar-refractivity contribution in [3.05, 3.63) is 94.5 Å². The summed E-state index contributed by atoms with van der Waals surface area (Å²) in [7, 11) is 0. The summed E-state index contributed by atoms with van der Waals surface area (Å²) in [6, 6.07) is 26.3. The second kappa shape index (κ2) is 7.93. The predicted octanol–water partition coefficient (Wildman–Crippen LogP) is 4.98. The second-order valence-electron chi connectivity index (χ2n) is 5.65. The molecule has 0 bridgehead atoms. The number of amides is 1. The molecule has 3 aromatic carbocycles. The lowest BCUT2D eigenvalue weighted by atomic mass is 10.0. The van der Waals surface area contributed by atoms with Crippen molar-refractivity contribution in [3.63, 3.8) is 0 Å². The van der Waals surface area contributed by atoms with Gasteiger partial charge in [0, 0.05) is 11.0 Å². The van der Waals surface area contributed by atoms with E-state index >= 15 is 0 Å². The van der Waals surface area contributed by atoms with Crippen LogP contribution in [0.3, 0.4) is 0 Å². The van der Waals surface area contributed by atoms with Crippen molar-refractivity contribution in [1.29, 1.82) is 0 Å². The largest absolute Gasteiger partial charge is 0.352 e. The highest BCUT2D eigenvalue weighted by molar-refractivity contribution is 9.10. The van der Waals surface area contributed by atoms with E-state index in [1.807, 2.05) is 54.6 Å². The molecule has 0 unspecified atom stereocenters. The third-order valence-electron chi connectivity index (χ3n) is 3.80. The van der Waals surface area contributed by atoms with Gasteiger partial charge in [0.2, 0.25) is 5.91 Å². The molecule has 2 nitrogen and oxygen atoms in total. The normalized spacial score (nSPS) is 10.4. The van der Waals surface area contributed by atoms with E-state index < -0.39 is 0 Å². The van der Waals surface area contributed by atoms with Crippen molar-refractivity contribution >= 4 is 21.8 Å². The molecule has 0 atom stereocenters. The number of hydrogen-bond donors (Lipinski definition) is 1. The van der Waals surface area contributed by atoms with Crippen LogP contribution < -0.4 is 5.32 Å². The highest BCUT2D eigenvalue weighted by Gasteiger charge is 2.04. The zero-order chi connectivity index (χ0) is 16.8. The van der Waals surface area contributed by atoms with Gasteiger partial charge in [-0.2, -0.15) is 0 Å². The van der Waals surface area contributed by atoms with Gasteiger partial charge >= 0.3 is 0 Å². The molecule has 3 aromatic rings. The number of rotatable bonds is 5. The molecule has 0 radical (unpaired) electrons. The van der Waals surface area contributed by atoms with Crippen molar-refractivity contribution in [2.45, 2.75) is 13.0 Å². The molecule has 0 spiro atoms. The smallest absolute Gasteiger partial charge is 0.224 e. The van der Waals surface area contributed by atoms with Crippen molar-refractivity contribution in [2.24, 2.45) is 0 Å². The number of carbonyl (C=O) groups is 1. The molecule has 1 amide bonds. The first kappa shape index (κ1) is 16.5. The summed E-state index contributed by atoms with van der Waals surface area (Å²) in [6.45, 7) is 0.542. The predicted molar refractivity (Wildman–Crippen MR) is 102 cm³/mol. The van der Waals surface area contributed by atoms with Crippen LogP contribution in [0.2, 0.25) is 0 Å². The van der Waals surface area contributed by atoms with E-state index in [4.69, 9.17) is 0 Å². The number of carbonyl (C=O) groups excluding carboxylic acids is 1. The van der Waals surface area contributed by atoms with Crippen LogP contribution in [0.5, 0.6) is 0 Å². The van der Waals surface area contributed by atoms with E-state index in [2.05, 4.69) is 45.5 Å². The number of nitrogens with one attached hydrogen (secondary N) is 1.